The summed E-state index contributed by atoms with van der Waals surface area (Å²) in [6, 6.07) is 3.81. The summed E-state index contributed by atoms with van der Waals surface area (Å²) in [4.78, 5) is 0. The van der Waals surface area contributed by atoms with Gasteiger partial charge >= 0.3 is 0 Å². The summed E-state index contributed by atoms with van der Waals surface area (Å²) < 4.78 is 13.8. The van der Waals surface area contributed by atoms with Gasteiger partial charge in [-0.05, 0) is 35.9 Å². The summed E-state index contributed by atoms with van der Waals surface area (Å²) in [6.07, 6.45) is 0.965. The highest BCUT2D eigenvalue weighted by molar-refractivity contribution is 9.10. The number of methoxy groups -OCH3 is 1. The van der Waals surface area contributed by atoms with Crippen molar-refractivity contribution < 1.29 is 9.47 Å². The van der Waals surface area contributed by atoms with Crippen molar-refractivity contribution in [2.45, 2.75) is 33.4 Å². The number of aryl methyl sites for hydroxylation is 1. The van der Waals surface area contributed by atoms with Crippen LogP contribution in [0.25, 0.3) is 0 Å². The molecule has 0 bridgehead atoms. The zero-order chi connectivity index (χ0) is 15.9. The smallest absolute Gasteiger partial charge is 0.243 e. The Morgan fingerprint density at radius 1 is 1.32 bits per heavy atom. The first kappa shape index (κ1) is 16.5. The largest absolute Gasteiger partial charge is 0.493 e. The Kier molecular flexibility index (Phi) is 6.00. The molecular formula is C14H20BrN5O2. The van der Waals surface area contributed by atoms with Gasteiger partial charge in [-0.3, -0.25) is 0 Å². The van der Waals surface area contributed by atoms with E-state index in [1.54, 1.807) is 11.8 Å². The molecule has 0 aliphatic heterocycles. The minimum Gasteiger partial charge on any atom is -0.493 e. The maximum atomic E-state index is 5.73. The van der Waals surface area contributed by atoms with E-state index in [4.69, 9.17) is 9.47 Å². The van der Waals surface area contributed by atoms with E-state index >= 15 is 0 Å². The number of nitrogens with one attached hydrogen (secondary N) is 1. The van der Waals surface area contributed by atoms with Gasteiger partial charge in [-0.2, -0.15) is 0 Å². The fourth-order valence-electron chi connectivity index (χ4n) is 2.07. The molecule has 2 aromatic rings. The molecule has 0 aliphatic carbocycles. The van der Waals surface area contributed by atoms with E-state index in [1.165, 1.54) is 0 Å². The number of rotatable bonds is 8. The van der Waals surface area contributed by atoms with Crippen molar-refractivity contribution in [1.82, 2.24) is 20.2 Å². The van der Waals surface area contributed by atoms with Gasteiger partial charge in [0.25, 0.3) is 0 Å². The normalized spacial score (nSPS) is 10.5. The van der Waals surface area contributed by atoms with Crippen LogP contribution in [0.15, 0.2) is 16.6 Å². The zero-order valence-electron chi connectivity index (χ0n) is 13.0. The Labute approximate surface area is 138 Å². The first-order chi connectivity index (χ1) is 10.7. The quantitative estimate of drug-likeness (QED) is 0.770. The SMILES string of the molecule is CCCn1nnnc1NCc1c(Br)ccc(OC)c1OCC. The van der Waals surface area contributed by atoms with Gasteiger partial charge in [0, 0.05) is 23.1 Å². The summed E-state index contributed by atoms with van der Waals surface area (Å²) in [5.74, 6) is 2.07. The van der Waals surface area contributed by atoms with Crippen molar-refractivity contribution in [3.8, 4) is 11.5 Å². The number of tetrazole rings is 1. The number of benzene rings is 1. The molecule has 2 rings (SSSR count). The molecule has 1 N–H and O–H groups in total. The maximum absolute atomic E-state index is 5.73. The van der Waals surface area contributed by atoms with Crippen molar-refractivity contribution in [2.24, 2.45) is 0 Å². The molecule has 120 valence electrons. The standard InChI is InChI=1S/C14H20BrN5O2/c1-4-8-20-14(17-18-19-20)16-9-10-11(15)6-7-12(21-3)13(10)22-5-2/h6-7H,4-5,8-9H2,1-3H3,(H,16,17,19). The summed E-state index contributed by atoms with van der Waals surface area (Å²) >= 11 is 3.56. The number of nitrogens with zero attached hydrogens (tertiary/aromatic N) is 4. The highest BCUT2D eigenvalue weighted by Crippen LogP contribution is 2.36. The van der Waals surface area contributed by atoms with Gasteiger partial charge in [-0.15, -0.1) is 0 Å². The average Bonchev–Trinajstić information content (AvgIpc) is 2.95. The van der Waals surface area contributed by atoms with Gasteiger partial charge < -0.3 is 14.8 Å². The number of ether oxygens (including phenoxy) is 2. The van der Waals surface area contributed by atoms with Crippen LogP contribution in [0, 0.1) is 0 Å². The van der Waals surface area contributed by atoms with Crippen molar-refractivity contribution >= 4 is 21.9 Å². The monoisotopic (exact) mass is 369 g/mol. The van der Waals surface area contributed by atoms with Gasteiger partial charge in [0.2, 0.25) is 5.95 Å². The molecule has 0 saturated heterocycles. The van der Waals surface area contributed by atoms with E-state index in [2.05, 4.69) is 43.7 Å². The Balaban J connectivity index is 2.22. The van der Waals surface area contributed by atoms with Crippen molar-refractivity contribution in [1.29, 1.82) is 0 Å². The molecule has 7 nitrogen and oxygen atoms in total. The molecule has 0 atom stereocenters. The molecule has 0 unspecified atom stereocenters. The molecular weight excluding hydrogens is 350 g/mol. The fraction of sp³-hybridized carbons (Fsp3) is 0.500. The van der Waals surface area contributed by atoms with E-state index in [9.17, 15) is 0 Å². The van der Waals surface area contributed by atoms with E-state index in [0.717, 1.165) is 28.8 Å². The minimum absolute atomic E-state index is 0.525. The van der Waals surface area contributed by atoms with Crippen molar-refractivity contribution in [3.05, 3.63) is 22.2 Å². The summed E-state index contributed by atoms with van der Waals surface area (Å²) in [5, 5.41) is 14.9. The Morgan fingerprint density at radius 3 is 2.82 bits per heavy atom. The highest BCUT2D eigenvalue weighted by Gasteiger charge is 2.15. The molecule has 0 radical (unpaired) electrons. The van der Waals surface area contributed by atoms with Gasteiger partial charge in [-0.1, -0.05) is 28.0 Å². The summed E-state index contributed by atoms with van der Waals surface area (Å²) in [6.45, 7) is 5.88. The van der Waals surface area contributed by atoms with Crippen molar-refractivity contribution in [2.75, 3.05) is 19.0 Å². The van der Waals surface area contributed by atoms with Crippen molar-refractivity contribution in [3.63, 3.8) is 0 Å². The third-order valence-electron chi connectivity index (χ3n) is 3.07. The first-order valence-corrected chi connectivity index (χ1v) is 7.98. The lowest BCUT2D eigenvalue weighted by atomic mass is 10.2. The third kappa shape index (κ3) is 3.68. The molecule has 0 amide bonds. The molecule has 1 aromatic heterocycles. The predicted molar refractivity (Wildman–Crippen MR) is 87.3 cm³/mol. The number of halogens is 1. The second-order valence-electron chi connectivity index (χ2n) is 4.57. The van der Waals surface area contributed by atoms with Crippen LogP contribution in [0.1, 0.15) is 25.8 Å². The topological polar surface area (TPSA) is 74.1 Å². The fourth-order valence-corrected chi connectivity index (χ4v) is 2.52. The second-order valence-corrected chi connectivity index (χ2v) is 5.42. The number of aromatic nitrogens is 4. The predicted octanol–water partition coefficient (Wildman–Crippen LogP) is 2.87. The molecule has 22 heavy (non-hydrogen) atoms. The average molecular weight is 370 g/mol. The van der Waals surface area contributed by atoms with Crippen LogP contribution in [-0.4, -0.2) is 33.9 Å². The molecule has 0 fully saturated rings. The molecule has 0 aliphatic rings. The lowest BCUT2D eigenvalue weighted by Crippen LogP contribution is -2.10. The van der Waals surface area contributed by atoms with Crippen LogP contribution in [0.5, 0.6) is 11.5 Å². The first-order valence-electron chi connectivity index (χ1n) is 7.19. The lowest BCUT2D eigenvalue weighted by Gasteiger charge is -2.16. The molecule has 1 heterocycles. The maximum Gasteiger partial charge on any atom is 0.243 e. The zero-order valence-corrected chi connectivity index (χ0v) is 14.6. The summed E-state index contributed by atoms with van der Waals surface area (Å²) in [5.41, 5.74) is 0.965. The third-order valence-corrected chi connectivity index (χ3v) is 3.81. The van der Waals surface area contributed by atoms with E-state index in [0.29, 0.717) is 24.8 Å². The second kappa shape index (κ2) is 7.98. The van der Waals surface area contributed by atoms with Gasteiger partial charge in [0.15, 0.2) is 11.5 Å². The van der Waals surface area contributed by atoms with Crippen LogP contribution in [0.4, 0.5) is 5.95 Å². The molecule has 0 saturated carbocycles. The van der Waals surface area contributed by atoms with Crippen LogP contribution < -0.4 is 14.8 Å². The van der Waals surface area contributed by atoms with Gasteiger partial charge in [-0.25, -0.2) is 4.68 Å². The molecule has 1 aromatic carbocycles. The Hall–Kier alpha value is -1.83. The van der Waals surface area contributed by atoms with Crippen LogP contribution in [0.2, 0.25) is 0 Å². The lowest BCUT2D eigenvalue weighted by molar-refractivity contribution is 0.307. The van der Waals surface area contributed by atoms with Crippen LogP contribution in [-0.2, 0) is 13.1 Å². The van der Waals surface area contributed by atoms with E-state index in [-0.39, 0.29) is 0 Å². The van der Waals surface area contributed by atoms with E-state index < -0.39 is 0 Å². The molecule has 0 spiro atoms. The van der Waals surface area contributed by atoms with Crippen LogP contribution in [0.3, 0.4) is 0 Å². The minimum atomic E-state index is 0.525. The highest BCUT2D eigenvalue weighted by atomic mass is 79.9. The Morgan fingerprint density at radius 2 is 2.14 bits per heavy atom. The van der Waals surface area contributed by atoms with Gasteiger partial charge in [0.05, 0.1) is 13.7 Å². The number of hydrogen-bond acceptors (Lipinski definition) is 6. The summed E-state index contributed by atoms with van der Waals surface area (Å²) in [7, 11) is 1.63. The van der Waals surface area contributed by atoms with Gasteiger partial charge in [0.1, 0.15) is 0 Å². The van der Waals surface area contributed by atoms with Crippen LogP contribution >= 0.6 is 15.9 Å². The number of anilines is 1. The van der Waals surface area contributed by atoms with E-state index in [1.807, 2.05) is 19.1 Å². The Bertz CT molecular complexity index is 617. The molecule has 8 heteroatoms. The number of hydrogen-bond donors (Lipinski definition) is 1.